The number of hydrogen-bond acceptors (Lipinski definition) is 2. The average Bonchev–Trinajstić information content (AvgIpc) is 2.03. The van der Waals surface area contributed by atoms with Crippen LogP contribution in [0.3, 0.4) is 0 Å². The molecule has 0 saturated heterocycles. The molecule has 1 aromatic rings. The van der Waals surface area contributed by atoms with E-state index in [1.165, 1.54) is 0 Å². The van der Waals surface area contributed by atoms with E-state index in [-0.39, 0.29) is 5.78 Å². The van der Waals surface area contributed by atoms with Crippen LogP contribution < -0.4 is 0 Å². The molecule has 64 valence electrons. The molecule has 0 bridgehead atoms. The molecule has 2 nitrogen and oxygen atoms in total. The zero-order valence-electron chi connectivity index (χ0n) is 6.88. The monoisotopic (exact) mass is 183 g/mol. The van der Waals surface area contributed by atoms with Gasteiger partial charge in [-0.2, -0.15) is 0 Å². The predicted octanol–water partition coefficient (Wildman–Crippen LogP) is 2.26. The summed E-state index contributed by atoms with van der Waals surface area (Å²) in [7, 11) is 0. The first-order valence-electron chi connectivity index (χ1n) is 3.78. The van der Waals surface area contributed by atoms with Gasteiger partial charge < -0.3 is 4.79 Å². The molecule has 0 spiro atoms. The summed E-state index contributed by atoms with van der Waals surface area (Å²) >= 11 is 5.64. The minimum atomic E-state index is 0.187. The van der Waals surface area contributed by atoms with Crippen LogP contribution in [0.1, 0.15) is 19.0 Å². The minimum Gasteiger partial charge on any atom is -0.300 e. The van der Waals surface area contributed by atoms with E-state index in [0.29, 0.717) is 17.9 Å². The molecule has 0 unspecified atom stereocenters. The molecule has 1 rings (SSSR count). The van der Waals surface area contributed by atoms with Crippen molar-refractivity contribution in [2.75, 3.05) is 0 Å². The van der Waals surface area contributed by atoms with Crippen molar-refractivity contribution in [1.82, 2.24) is 4.98 Å². The summed E-state index contributed by atoms with van der Waals surface area (Å²) in [6, 6.07) is 3.62. The topological polar surface area (TPSA) is 30.0 Å². The molecule has 0 saturated carbocycles. The quantitative estimate of drug-likeness (QED) is 0.720. The van der Waals surface area contributed by atoms with Gasteiger partial charge in [0, 0.05) is 18.3 Å². The minimum absolute atomic E-state index is 0.187. The van der Waals surface area contributed by atoms with Crippen molar-refractivity contribution in [3.05, 3.63) is 29.0 Å². The molecule has 0 aliphatic heterocycles. The summed E-state index contributed by atoms with van der Waals surface area (Å²) in [4.78, 5) is 14.7. The van der Waals surface area contributed by atoms with Crippen LogP contribution in [0.4, 0.5) is 0 Å². The van der Waals surface area contributed by atoms with Gasteiger partial charge in [-0.05, 0) is 25.5 Å². The van der Waals surface area contributed by atoms with Crippen LogP contribution in [0.5, 0.6) is 0 Å². The first-order valence-corrected chi connectivity index (χ1v) is 4.16. The van der Waals surface area contributed by atoms with Crippen LogP contribution in [-0.2, 0) is 11.2 Å². The Labute approximate surface area is 76.6 Å². The molecule has 0 fully saturated rings. The van der Waals surface area contributed by atoms with Crippen LogP contribution in [0.15, 0.2) is 18.3 Å². The second-order valence-corrected chi connectivity index (χ2v) is 3.11. The lowest BCUT2D eigenvalue weighted by atomic mass is 10.2. The van der Waals surface area contributed by atoms with Crippen LogP contribution >= 0.6 is 11.6 Å². The Balaban J connectivity index is 2.53. The van der Waals surface area contributed by atoms with Crippen molar-refractivity contribution in [2.45, 2.75) is 19.8 Å². The highest BCUT2D eigenvalue weighted by Gasteiger charge is 1.97. The molecule has 0 aliphatic rings. The van der Waals surface area contributed by atoms with Crippen molar-refractivity contribution in [2.24, 2.45) is 0 Å². The largest absolute Gasteiger partial charge is 0.300 e. The van der Waals surface area contributed by atoms with Gasteiger partial charge in [-0.3, -0.25) is 4.98 Å². The van der Waals surface area contributed by atoms with E-state index in [9.17, 15) is 4.79 Å². The predicted molar refractivity (Wildman–Crippen MR) is 48.2 cm³/mol. The number of carbonyl (C=O) groups excluding carboxylic acids is 1. The van der Waals surface area contributed by atoms with Gasteiger partial charge in [0.05, 0.1) is 5.02 Å². The number of pyridine rings is 1. The van der Waals surface area contributed by atoms with Crippen molar-refractivity contribution in [3.63, 3.8) is 0 Å². The zero-order chi connectivity index (χ0) is 8.97. The van der Waals surface area contributed by atoms with E-state index in [1.807, 2.05) is 6.07 Å². The molecular formula is C9H10ClNO. The van der Waals surface area contributed by atoms with Gasteiger partial charge in [0.25, 0.3) is 0 Å². The lowest BCUT2D eigenvalue weighted by Crippen LogP contribution is -1.95. The highest BCUT2D eigenvalue weighted by molar-refractivity contribution is 6.30. The van der Waals surface area contributed by atoms with E-state index in [2.05, 4.69) is 4.98 Å². The maximum absolute atomic E-state index is 10.6. The van der Waals surface area contributed by atoms with E-state index in [0.717, 1.165) is 5.69 Å². The third-order valence-corrected chi connectivity index (χ3v) is 1.75. The van der Waals surface area contributed by atoms with Crippen molar-refractivity contribution >= 4 is 17.4 Å². The maximum Gasteiger partial charge on any atom is 0.130 e. The summed E-state index contributed by atoms with van der Waals surface area (Å²) < 4.78 is 0. The number of carbonyl (C=O) groups is 1. The van der Waals surface area contributed by atoms with Crippen LogP contribution in [0, 0.1) is 0 Å². The highest BCUT2D eigenvalue weighted by Crippen LogP contribution is 2.07. The molecule has 0 amide bonds. The molecule has 3 heteroatoms. The number of nitrogens with zero attached hydrogens (tertiary/aromatic N) is 1. The fraction of sp³-hybridized carbons (Fsp3) is 0.333. The molecule has 0 N–H and O–H groups in total. The number of rotatable bonds is 3. The fourth-order valence-corrected chi connectivity index (χ4v) is 0.970. The third-order valence-electron chi connectivity index (χ3n) is 1.52. The normalized spacial score (nSPS) is 9.83. The summed E-state index contributed by atoms with van der Waals surface area (Å²) in [5.41, 5.74) is 0.912. The Morgan fingerprint density at radius 1 is 1.58 bits per heavy atom. The summed E-state index contributed by atoms with van der Waals surface area (Å²) in [6.07, 6.45) is 2.85. The Bertz CT molecular complexity index is 268. The first-order chi connectivity index (χ1) is 5.68. The summed E-state index contributed by atoms with van der Waals surface area (Å²) in [6.45, 7) is 1.58. The zero-order valence-corrected chi connectivity index (χ0v) is 7.64. The third kappa shape index (κ3) is 3.01. The number of aryl methyl sites for hydroxylation is 1. The Kier molecular flexibility index (Phi) is 3.23. The fourth-order valence-electron chi connectivity index (χ4n) is 0.858. The maximum atomic E-state index is 10.6. The van der Waals surface area contributed by atoms with Gasteiger partial charge in [-0.1, -0.05) is 11.6 Å². The first kappa shape index (κ1) is 9.20. The number of ketones is 1. The van der Waals surface area contributed by atoms with Crippen LogP contribution in [0.2, 0.25) is 5.02 Å². The lowest BCUT2D eigenvalue weighted by Gasteiger charge is -1.96. The van der Waals surface area contributed by atoms with Crippen molar-refractivity contribution in [3.8, 4) is 0 Å². The van der Waals surface area contributed by atoms with Gasteiger partial charge >= 0.3 is 0 Å². The van der Waals surface area contributed by atoms with E-state index in [4.69, 9.17) is 11.6 Å². The Morgan fingerprint density at radius 3 is 2.83 bits per heavy atom. The van der Waals surface area contributed by atoms with E-state index in [1.54, 1.807) is 19.2 Å². The van der Waals surface area contributed by atoms with Crippen LogP contribution in [0.25, 0.3) is 0 Å². The molecule has 0 aliphatic carbocycles. The van der Waals surface area contributed by atoms with Gasteiger partial charge in [-0.25, -0.2) is 0 Å². The van der Waals surface area contributed by atoms with E-state index < -0.39 is 0 Å². The molecule has 1 heterocycles. The van der Waals surface area contributed by atoms with E-state index >= 15 is 0 Å². The SMILES string of the molecule is CC(=O)CCc1ccc(Cl)cn1. The smallest absolute Gasteiger partial charge is 0.130 e. The molecule has 0 atom stereocenters. The number of hydrogen-bond donors (Lipinski definition) is 0. The highest BCUT2D eigenvalue weighted by atomic mass is 35.5. The summed E-state index contributed by atoms with van der Waals surface area (Å²) in [5, 5.41) is 0.626. The second kappa shape index (κ2) is 4.21. The molecule has 12 heavy (non-hydrogen) atoms. The van der Waals surface area contributed by atoms with Crippen molar-refractivity contribution < 1.29 is 4.79 Å². The number of aromatic nitrogens is 1. The Morgan fingerprint density at radius 2 is 2.33 bits per heavy atom. The van der Waals surface area contributed by atoms with Gasteiger partial charge in [0.15, 0.2) is 0 Å². The standard InChI is InChI=1S/C9H10ClNO/c1-7(12)2-4-9-5-3-8(10)6-11-9/h3,5-6H,2,4H2,1H3. The molecule has 0 radical (unpaired) electrons. The number of halogens is 1. The summed E-state index contributed by atoms with van der Waals surface area (Å²) in [5.74, 6) is 0.187. The number of Topliss-reactive ketones (excluding diaryl/α,β-unsaturated/α-hetero) is 1. The lowest BCUT2D eigenvalue weighted by molar-refractivity contribution is -0.116. The van der Waals surface area contributed by atoms with Crippen molar-refractivity contribution in [1.29, 1.82) is 0 Å². The van der Waals surface area contributed by atoms with Crippen LogP contribution in [-0.4, -0.2) is 10.8 Å². The molecule has 1 aromatic heterocycles. The van der Waals surface area contributed by atoms with Gasteiger partial charge in [0.1, 0.15) is 5.78 Å². The second-order valence-electron chi connectivity index (χ2n) is 2.67. The molecule has 0 aromatic carbocycles. The average molecular weight is 184 g/mol. The Hall–Kier alpha value is -0.890. The van der Waals surface area contributed by atoms with Gasteiger partial charge in [0.2, 0.25) is 0 Å². The van der Waals surface area contributed by atoms with Gasteiger partial charge in [-0.15, -0.1) is 0 Å². The molecular weight excluding hydrogens is 174 g/mol.